The van der Waals surface area contributed by atoms with Gasteiger partial charge in [0.1, 0.15) is 6.04 Å². The number of para-hydroxylation sites is 1. The predicted molar refractivity (Wildman–Crippen MR) is 103 cm³/mol. The third kappa shape index (κ3) is 2.93. The largest absolute Gasteiger partial charge is 0.373 e. The number of carbonyl (C=O) groups is 1. The number of hydrogen-bond donors (Lipinski definition) is 2. The average Bonchev–Trinajstić information content (AvgIpc) is 3.12. The number of aromatic amines is 1. The Kier molecular flexibility index (Phi) is 4.37. The van der Waals surface area contributed by atoms with Crippen LogP contribution in [-0.2, 0) is 11.2 Å². The number of pyridine rings is 1. The first-order chi connectivity index (χ1) is 13.4. The van der Waals surface area contributed by atoms with Gasteiger partial charge in [-0.1, -0.05) is 18.2 Å². The topological polar surface area (TPSA) is 65.2 Å². The summed E-state index contributed by atoms with van der Waals surface area (Å²) in [6.07, 6.45) is 2.03. The van der Waals surface area contributed by atoms with Gasteiger partial charge in [-0.25, -0.2) is 8.78 Å². The number of hydrogen-bond acceptors (Lipinski definition) is 3. The number of benzene rings is 2. The van der Waals surface area contributed by atoms with Crippen LogP contribution in [-0.4, -0.2) is 28.9 Å². The molecule has 0 saturated carbocycles. The molecule has 1 aromatic heterocycles. The van der Waals surface area contributed by atoms with Crippen LogP contribution >= 0.6 is 0 Å². The van der Waals surface area contributed by atoms with Gasteiger partial charge in [0.25, 0.3) is 5.56 Å². The van der Waals surface area contributed by atoms with Crippen molar-refractivity contribution in [3.63, 3.8) is 0 Å². The minimum Gasteiger partial charge on any atom is -0.373 e. The highest BCUT2D eigenvalue weighted by atomic mass is 19.2. The third-order valence-corrected chi connectivity index (χ3v) is 5.42. The molecule has 2 N–H and O–H groups in total. The Morgan fingerprint density at radius 3 is 2.57 bits per heavy atom. The molecule has 1 aliphatic rings. The second-order valence-corrected chi connectivity index (χ2v) is 7.07. The number of rotatable bonds is 3. The molecule has 2 aromatic carbocycles. The lowest BCUT2D eigenvalue weighted by atomic mass is 10.0. The SMILES string of the molecule is CC(c1c[nH]c(=O)c2cc(F)c(F)cc12)N(C)C(=O)C1Cc2ccccc2N1. The fourth-order valence-electron chi connectivity index (χ4n) is 3.71. The molecule has 3 aromatic rings. The number of fused-ring (bicyclic) bond motifs is 2. The maximum absolute atomic E-state index is 13.8. The molecule has 4 rings (SSSR count). The summed E-state index contributed by atoms with van der Waals surface area (Å²) in [5, 5.41) is 3.57. The first kappa shape index (κ1) is 18.2. The van der Waals surface area contributed by atoms with Gasteiger partial charge in [-0.3, -0.25) is 9.59 Å². The Morgan fingerprint density at radius 2 is 1.86 bits per heavy atom. The van der Waals surface area contributed by atoms with Gasteiger partial charge in [0.15, 0.2) is 11.6 Å². The zero-order valence-electron chi connectivity index (χ0n) is 15.4. The molecule has 2 atom stereocenters. The Morgan fingerprint density at radius 1 is 1.18 bits per heavy atom. The minimum atomic E-state index is -1.08. The van der Waals surface area contributed by atoms with Crippen LogP contribution in [0, 0.1) is 11.6 Å². The number of H-pyrrole nitrogens is 1. The third-order valence-electron chi connectivity index (χ3n) is 5.42. The second-order valence-electron chi connectivity index (χ2n) is 7.07. The lowest BCUT2D eigenvalue weighted by molar-refractivity contribution is -0.132. The van der Waals surface area contributed by atoms with Crippen LogP contribution < -0.4 is 10.9 Å². The smallest absolute Gasteiger partial charge is 0.255 e. The van der Waals surface area contributed by atoms with Crippen LogP contribution in [0.1, 0.15) is 24.1 Å². The number of anilines is 1. The molecule has 7 heteroatoms. The molecule has 0 bridgehead atoms. The summed E-state index contributed by atoms with van der Waals surface area (Å²) in [5.74, 6) is -2.24. The van der Waals surface area contributed by atoms with Crippen molar-refractivity contribution in [1.82, 2.24) is 9.88 Å². The molecule has 5 nitrogen and oxygen atoms in total. The van der Waals surface area contributed by atoms with Crippen LogP contribution in [0.15, 0.2) is 47.4 Å². The number of carbonyl (C=O) groups excluding carboxylic acids is 1. The van der Waals surface area contributed by atoms with Crippen molar-refractivity contribution in [3.8, 4) is 0 Å². The Labute approximate surface area is 160 Å². The van der Waals surface area contributed by atoms with E-state index in [0.29, 0.717) is 12.0 Å². The van der Waals surface area contributed by atoms with Gasteiger partial charge in [-0.15, -0.1) is 0 Å². The van der Waals surface area contributed by atoms with Crippen molar-refractivity contribution in [2.45, 2.75) is 25.4 Å². The van der Waals surface area contributed by atoms with Gasteiger partial charge in [-0.05, 0) is 41.6 Å². The summed E-state index contributed by atoms with van der Waals surface area (Å²) < 4.78 is 27.4. The lowest BCUT2D eigenvalue weighted by Gasteiger charge is -2.28. The van der Waals surface area contributed by atoms with E-state index in [4.69, 9.17) is 0 Å². The Balaban J connectivity index is 1.65. The van der Waals surface area contributed by atoms with Crippen molar-refractivity contribution >= 4 is 22.4 Å². The van der Waals surface area contributed by atoms with E-state index in [1.165, 1.54) is 6.20 Å². The van der Waals surface area contributed by atoms with E-state index in [-0.39, 0.29) is 16.7 Å². The molecule has 0 radical (unpaired) electrons. The van der Waals surface area contributed by atoms with Crippen molar-refractivity contribution in [3.05, 3.63) is 75.7 Å². The molecule has 1 amide bonds. The van der Waals surface area contributed by atoms with Gasteiger partial charge < -0.3 is 15.2 Å². The molecular formula is C21H19F2N3O2. The maximum Gasteiger partial charge on any atom is 0.255 e. The summed E-state index contributed by atoms with van der Waals surface area (Å²) in [4.78, 5) is 29.1. The van der Waals surface area contributed by atoms with E-state index < -0.39 is 29.3 Å². The number of amides is 1. The number of halogens is 2. The highest BCUT2D eigenvalue weighted by molar-refractivity contribution is 5.89. The van der Waals surface area contributed by atoms with E-state index in [0.717, 1.165) is 23.4 Å². The van der Waals surface area contributed by atoms with Crippen LogP contribution in [0.4, 0.5) is 14.5 Å². The van der Waals surface area contributed by atoms with Crippen LogP contribution in [0.3, 0.4) is 0 Å². The molecule has 0 fully saturated rings. The number of nitrogens with zero attached hydrogens (tertiary/aromatic N) is 1. The monoisotopic (exact) mass is 383 g/mol. The molecule has 28 heavy (non-hydrogen) atoms. The zero-order chi connectivity index (χ0) is 20.0. The molecule has 2 heterocycles. The highest BCUT2D eigenvalue weighted by Crippen LogP contribution is 2.30. The minimum absolute atomic E-state index is 0.0514. The summed E-state index contributed by atoms with van der Waals surface area (Å²) in [6.45, 7) is 1.79. The number of likely N-dealkylation sites (N-methyl/N-ethyl adjacent to an activating group) is 1. The first-order valence-corrected chi connectivity index (χ1v) is 8.98. The number of nitrogens with one attached hydrogen (secondary N) is 2. The van der Waals surface area contributed by atoms with Crippen LogP contribution in [0.25, 0.3) is 10.8 Å². The molecular weight excluding hydrogens is 364 g/mol. The second kappa shape index (κ2) is 6.74. The van der Waals surface area contributed by atoms with Crippen molar-refractivity contribution in [2.75, 3.05) is 12.4 Å². The van der Waals surface area contributed by atoms with Crippen LogP contribution in [0.2, 0.25) is 0 Å². The van der Waals surface area contributed by atoms with E-state index in [1.807, 2.05) is 24.3 Å². The van der Waals surface area contributed by atoms with Gasteiger partial charge in [0.2, 0.25) is 5.91 Å². The Hall–Kier alpha value is -3.22. The summed E-state index contributed by atoms with van der Waals surface area (Å²) in [6, 6.07) is 8.79. The van der Waals surface area contributed by atoms with Crippen molar-refractivity contribution in [1.29, 1.82) is 0 Å². The normalized spacial score (nSPS) is 16.5. The standard InChI is InChI=1S/C21H19F2N3O2/c1-11(15-10-24-20(27)14-9-17(23)16(22)8-13(14)15)26(2)21(28)19-7-12-5-3-4-6-18(12)25-19/h3-6,8-11,19,25H,7H2,1-2H3,(H,24,27). The molecule has 0 spiro atoms. The van der Waals surface area contributed by atoms with Crippen molar-refractivity contribution in [2.24, 2.45) is 0 Å². The maximum atomic E-state index is 13.8. The summed E-state index contributed by atoms with van der Waals surface area (Å²) >= 11 is 0. The van der Waals surface area contributed by atoms with E-state index in [1.54, 1.807) is 18.9 Å². The zero-order valence-corrected chi connectivity index (χ0v) is 15.4. The predicted octanol–water partition coefficient (Wildman–Crippen LogP) is 3.36. The highest BCUT2D eigenvalue weighted by Gasteiger charge is 2.31. The van der Waals surface area contributed by atoms with Crippen molar-refractivity contribution < 1.29 is 13.6 Å². The molecule has 0 aliphatic carbocycles. The van der Waals surface area contributed by atoms with Gasteiger partial charge in [-0.2, -0.15) is 0 Å². The quantitative estimate of drug-likeness (QED) is 0.729. The molecule has 0 saturated heterocycles. The van der Waals surface area contributed by atoms with E-state index in [9.17, 15) is 18.4 Å². The van der Waals surface area contributed by atoms with E-state index >= 15 is 0 Å². The van der Waals surface area contributed by atoms with Gasteiger partial charge in [0.05, 0.1) is 11.4 Å². The van der Waals surface area contributed by atoms with Gasteiger partial charge in [0, 0.05) is 25.4 Å². The fourth-order valence-corrected chi connectivity index (χ4v) is 3.71. The average molecular weight is 383 g/mol. The summed E-state index contributed by atoms with van der Waals surface area (Å²) in [5.41, 5.74) is 2.05. The Bertz CT molecular complexity index is 1120. The molecule has 2 unspecified atom stereocenters. The number of aromatic nitrogens is 1. The lowest BCUT2D eigenvalue weighted by Crippen LogP contribution is -2.41. The molecule has 144 valence electrons. The van der Waals surface area contributed by atoms with Gasteiger partial charge >= 0.3 is 0 Å². The van der Waals surface area contributed by atoms with E-state index in [2.05, 4.69) is 10.3 Å². The summed E-state index contributed by atoms with van der Waals surface area (Å²) in [7, 11) is 1.66. The first-order valence-electron chi connectivity index (χ1n) is 8.98. The fraction of sp³-hybridized carbons (Fsp3) is 0.238. The molecule has 1 aliphatic heterocycles. The van der Waals surface area contributed by atoms with Crippen LogP contribution in [0.5, 0.6) is 0 Å².